The van der Waals surface area contributed by atoms with Crippen molar-refractivity contribution in [1.82, 2.24) is 10.2 Å². The molecule has 1 saturated heterocycles. The van der Waals surface area contributed by atoms with Gasteiger partial charge in [-0.25, -0.2) is 4.99 Å². The zero-order valence-electron chi connectivity index (χ0n) is 9.94. The predicted octanol–water partition coefficient (Wildman–Crippen LogP) is 0.216. The fourth-order valence-electron chi connectivity index (χ4n) is 1.57. The molecule has 1 aliphatic heterocycles. The normalized spacial score (nSPS) is 29.7. The van der Waals surface area contributed by atoms with Crippen LogP contribution in [0.4, 0.5) is 0 Å². The van der Waals surface area contributed by atoms with Crippen molar-refractivity contribution in [3.63, 3.8) is 0 Å². The van der Waals surface area contributed by atoms with Gasteiger partial charge in [-0.15, -0.1) is 0 Å². The molecule has 0 unspecified atom stereocenters. The van der Waals surface area contributed by atoms with Gasteiger partial charge >= 0.3 is 0 Å². The van der Waals surface area contributed by atoms with Crippen LogP contribution >= 0.6 is 0 Å². The molecule has 1 N–H and O–H groups in total. The third-order valence-electron chi connectivity index (χ3n) is 2.14. The highest BCUT2D eigenvalue weighted by atomic mass is 16.5. The second-order valence-corrected chi connectivity index (χ2v) is 4.50. The zero-order valence-corrected chi connectivity index (χ0v) is 9.94. The van der Waals surface area contributed by atoms with Crippen LogP contribution in [0.5, 0.6) is 0 Å². The van der Waals surface area contributed by atoms with E-state index in [-0.39, 0.29) is 18.1 Å². The van der Waals surface area contributed by atoms with Crippen LogP contribution in [0.15, 0.2) is 4.99 Å². The summed E-state index contributed by atoms with van der Waals surface area (Å²) in [6.07, 6.45) is 1.36. The lowest BCUT2D eigenvalue weighted by Gasteiger charge is -2.17. The van der Waals surface area contributed by atoms with Crippen molar-refractivity contribution >= 4 is 12.2 Å². The lowest BCUT2D eigenvalue weighted by molar-refractivity contribution is -0.120. The molecule has 86 valence electrons. The molecule has 1 amide bonds. The smallest absolute Gasteiger partial charge is 0.266 e. The van der Waals surface area contributed by atoms with E-state index in [1.807, 2.05) is 34.9 Å². The molecular formula is C10H19N3O2. The third kappa shape index (κ3) is 3.28. The van der Waals surface area contributed by atoms with Crippen LogP contribution in [0.1, 0.15) is 20.8 Å². The molecule has 2 atom stereocenters. The highest BCUT2D eigenvalue weighted by molar-refractivity contribution is 5.89. The van der Waals surface area contributed by atoms with Gasteiger partial charge in [0.2, 0.25) is 0 Å². The summed E-state index contributed by atoms with van der Waals surface area (Å²) >= 11 is 0. The molecule has 1 fully saturated rings. The van der Waals surface area contributed by atoms with Crippen molar-refractivity contribution in [2.24, 2.45) is 4.99 Å². The van der Waals surface area contributed by atoms with E-state index in [1.165, 1.54) is 6.34 Å². The quantitative estimate of drug-likeness (QED) is 0.526. The number of carbonyl (C=O) groups excluding carboxylic acids is 1. The molecule has 15 heavy (non-hydrogen) atoms. The minimum Gasteiger partial charge on any atom is -0.369 e. The van der Waals surface area contributed by atoms with E-state index in [1.54, 1.807) is 4.90 Å². The summed E-state index contributed by atoms with van der Waals surface area (Å²) in [5, 5.41) is 3.10. The summed E-state index contributed by atoms with van der Waals surface area (Å²) in [5.74, 6) is -0.193. The molecule has 1 heterocycles. The van der Waals surface area contributed by atoms with Crippen LogP contribution in [0.2, 0.25) is 0 Å². The number of amides is 1. The Bertz CT molecular complexity index is 274. The molecule has 1 rings (SSSR count). The first-order valence-corrected chi connectivity index (χ1v) is 5.02. The zero-order chi connectivity index (χ0) is 11.6. The molecule has 5 nitrogen and oxygen atoms in total. The third-order valence-corrected chi connectivity index (χ3v) is 2.14. The van der Waals surface area contributed by atoms with Crippen LogP contribution in [0.3, 0.4) is 0 Å². The summed E-state index contributed by atoms with van der Waals surface area (Å²) in [5.41, 5.74) is -0.451. The second kappa shape index (κ2) is 4.28. The van der Waals surface area contributed by atoms with E-state index in [2.05, 4.69) is 10.3 Å². The highest BCUT2D eigenvalue weighted by Crippen LogP contribution is 2.21. The van der Waals surface area contributed by atoms with E-state index < -0.39 is 5.72 Å². The topological polar surface area (TPSA) is 53.9 Å². The SMILES string of the molecule is C[C@H]1OC(C)(C)N[C@@H]1C(=O)/N=C\N(C)C. The molecule has 0 aromatic rings. The summed E-state index contributed by atoms with van der Waals surface area (Å²) in [6.45, 7) is 5.66. The lowest BCUT2D eigenvalue weighted by Crippen LogP contribution is -2.43. The molecule has 5 heteroatoms. The first kappa shape index (κ1) is 12.1. The minimum atomic E-state index is -0.451. The van der Waals surface area contributed by atoms with Gasteiger partial charge in [-0.3, -0.25) is 10.1 Å². The number of hydrogen-bond donors (Lipinski definition) is 1. The first-order chi connectivity index (χ1) is 6.82. The molecule has 0 saturated carbocycles. The van der Waals surface area contributed by atoms with E-state index in [4.69, 9.17) is 4.74 Å². The van der Waals surface area contributed by atoms with Gasteiger partial charge in [0.05, 0.1) is 12.4 Å². The van der Waals surface area contributed by atoms with Gasteiger partial charge in [0.1, 0.15) is 11.8 Å². The largest absolute Gasteiger partial charge is 0.369 e. The average molecular weight is 213 g/mol. The lowest BCUT2D eigenvalue weighted by atomic mass is 10.2. The molecule has 0 aromatic carbocycles. The molecule has 0 bridgehead atoms. The Morgan fingerprint density at radius 2 is 2.13 bits per heavy atom. The molecule has 0 radical (unpaired) electrons. The highest BCUT2D eigenvalue weighted by Gasteiger charge is 2.40. The summed E-state index contributed by atoms with van der Waals surface area (Å²) < 4.78 is 5.57. The van der Waals surface area contributed by atoms with Gasteiger partial charge in [0.15, 0.2) is 0 Å². The van der Waals surface area contributed by atoms with E-state index in [0.717, 1.165) is 0 Å². The number of aliphatic imine (C=N–C) groups is 1. The fourth-order valence-corrected chi connectivity index (χ4v) is 1.57. The Morgan fingerprint density at radius 3 is 2.53 bits per heavy atom. The average Bonchev–Trinajstić information content (AvgIpc) is 2.35. The minimum absolute atomic E-state index is 0.146. The maximum absolute atomic E-state index is 11.7. The number of rotatable bonds is 2. The standard InChI is InChI=1S/C10H19N3O2/c1-7-8(12-10(2,3)15-7)9(14)11-6-13(4)5/h6-8,12H,1-5H3/b11-6-/t7-,8+/m1/s1. The molecular weight excluding hydrogens is 194 g/mol. The van der Waals surface area contributed by atoms with Gasteiger partial charge in [-0.2, -0.15) is 0 Å². The Kier molecular flexibility index (Phi) is 3.46. The van der Waals surface area contributed by atoms with Gasteiger partial charge in [0, 0.05) is 14.1 Å². The van der Waals surface area contributed by atoms with Crippen molar-refractivity contribution in [1.29, 1.82) is 0 Å². The molecule has 0 spiro atoms. The van der Waals surface area contributed by atoms with Crippen LogP contribution in [0, 0.1) is 0 Å². The Labute approximate surface area is 90.5 Å². The van der Waals surface area contributed by atoms with E-state index >= 15 is 0 Å². The monoisotopic (exact) mass is 213 g/mol. The summed E-state index contributed by atoms with van der Waals surface area (Å²) in [7, 11) is 3.64. The fraction of sp³-hybridized carbons (Fsp3) is 0.800. The van der Waals surface area contributed by atoms with Gasteiger partial charge in [-0.05, 0) is 20.8 Å². The Morgan fingerprint density at radius 1 is 1.53 bits per heavy atom. The number of ether oxygens (including phenoxy) is 1. The Balaban J connectivity index is 2.62. The molecule has 0 aliphatic carbocycles. The number of nitrogens with one attached hydrogen (secondary N) is 1. The maximum atomic E-state index is 11.7. The second-order valence-electron chi connectivity index (χ2n) is 4.50. The van der Waals surface area contributed by atoms with Crippen molar-refractivity contribution < 1.29 is 9.53 Å². The van der Waals surface area contributed by atoms with E-state index in [9.17, 15) is 4.79 Å². The van der Waals surface area contributed by atoms with Crippen LogP contribution < -0.4 is 5.32 Å². The van der Waals surface area contributed by atoms with Crippen molar-refractivity contribution in [2.45, 2.75) is 38.6 Å². The van der Waals surface area contributed by atoms with Gasteiger partial charge < -0.3 is 9.64 Å². The van der Waals surface area contributed by atoms with Crippen molar-refractivity contribution in [3.05, 3.63) is 0 Å². The number of nitrogens with zero attached hydrogens (tertiary/aromatic N) is 2. The number of carbonyl (C=O) groups is 1. The summed E-state index contributed by atoms with van der Waals surface area (Å²) in [6, 6.07) is -0.351. The Hall–Kier alpha value is -0.940. The predicted molar refractivity (Wildman–Crippen MR) is 58.7 cm³/mol. The first-order valence-electron chi connectivity index (χ1n) is 5.02. The maximum Gasteiger partial charge on any atom is 0.266 e. The van der Waals surface area contributed by atoms with Crippen molar-refractivity contribution in [3.8, 4) is 0 Å². The van der Waals surface area contributed by atoms with Crippen LogP contribution in [0.25, 0.3) is 0 Å². The number of hydrogen-bond acceptors (Lipinski definition) is 3. The molecule has 0 aromatic heterocycles. The van der Waals surface area contributed by atoms with Gasteiger partial charge in [-0.1, -0.05) is 0 Å². The molecule has 1 aliphatic rings. The van der Waals surface area contributed by atoms with Crippen LogP contribution in [-0.4, -0.2) is 49.1 Å². The van der Waals surface area contributed by atoms with Crippen molar-refractivity contribution in [2.75, 3.05) is 14.1 Å². The summed E-state index contributed by atoms with van der Waals surface area (Å²) in [4.78, 5) is 17.2. The van der Waals surface area contributed by atoms with Gasteiger partial charge in [0.25, 0.3) is 5.91 Å². The van der Waals surface area contributed by atoms with E-state index in [0.29, 0.717) is 0 Å². The van der Waals surface area contributed by atoms with Crippen LogP contribution in [-0.2, 0) is 9.53 Å².